The van der Waals surface area contributed by atoms with Crippen LogP contribution in [-0.2, 0) is 19.4 Å². The average molecular weight is 416 g/mol. The van der Waals surface area contributed by atoms with E-state index in [9.17, 15) is 23.4 Å². The topological polar surface area (TPSA) is 217 Å². The summed E-state index contributed by atoms with van der Waals surface area (Å²) < 4.78 is 31.4. The molecule has 1 fully saturated rings. The number of aromatic nitrogens is 4. The third-order valence-corrected chi connectivity index (χ3v) is 6.17. The fourth-order valence-corrected chi connectivity index (χ4v) is 4.47. The summed E-state index contributed by atoms with van der Waals surface area (Å²) in [5, 5.41) is 29.3. The predicted molar refractivity (Wildman–Crippen MR) is 94.5 cm³/mol. The first-order chi connectivity index (χ1) is 13.1. The molecule has 0 aromatic carbocycles. The van der Waals surface area contributed by atoms with E-state index in [4.69, 9.17) is 21.3 Å². The van der Waals surface area contributed by atoms with Crippen molar-refractivity contribution in [1.82, 2.24) is 19.5 Å². The summed E-state index contributed by atoms with van der Waals surface area (Å²) in [7, 11) is -3.80. The van der Waals surface area contributed by atoms with Gasteiger partial charge >= 0.3 is 5.97 Å². The average Bonchev–Trinajstić information content (AvgIpc) is 3.17. The number of aliphatic carboxylic acids is 1. The molecule has 0 bridgehead atoms. The number of rotatable bonds is 7. The minimum atomic E-state index is -3.80. The van der Waals surface area contributed by atoms with Gasteiger partial charge in [0.2, 0.25) is 0 Å². The second-order valence-electron chi connectivity index (χ2n) is 6.48. The number of carboxylic acid groups (broad SMARTS) is 1. The molecule has 13 nitrogen and oxygen atoms in total. The Balaban J connectivity index is 1.75. The van der Waals surface area contributed by atoms with Gasteiger partial charge < -0.3 is 31.5 Å². The molecule has 5 atom stereocenters. The third kappa shape index (κ3) is 3.90. The zero-order chi connectivity index (χ0) is 20.6. The first kappa shape index (κ1) is 20.3. The Morgan fingerprint density at radius 1 is 1.29 bits per heavy atom. The minimum Gasteiger partial charge on any atom is -0.480 e. The Morgan fingerprint density at radius 2 is 2.00 bits per heavy atom. The van der Waals surface area contributed by atoms with E-state index >= 15 is 0 Å². The third-order valence-electron chi connectivity index (χ3n) is 4.47. The van der Waals surface area contributed by atoms with Crippen LogP contribution < -0.4 is 11.5 Å². The SMILES string of the molecule is Nc1ncnc2c1ncn2[C@@H]1O[C@H](CS(=O)(=O)CC[C@H](N)C(=O)O)[C@@H](O)[C@H]1O. The van der Waals surface area contributed by atoms with Crippen molar-refractivity contribution in [3.63, 3.8) is 0 Å². The highest BCUT2D eigenvalue weighted by molar-refractivity contribution is 7.91. The van der Waals surface area contributed by atoms with Crippen LogP contribution >= 0.6 is 0 Å². The summed E-state index contributed by atoms with van der Waals surface area (Å²) in [4.78, 5) is 22.6. The van der Waals surface area contributed by atoms with Crippen LogP contribution in [0.3, 0.4) is 0 Å². The summed E-state index contributed by atoms with van der Waals surface area (Å²) in [6.45, 7) is 0. The number of nitrogens with zero attached hydrogens (tertiary/aromatic N) is 4. The molecule has 3 heterocycles. The summed E-state index contributed by atoms with van der Waals surface area (Å²) in [6.07, 6.45) is -3.12. The minimum absolute atomic E-state index is 0.116. The fourth-order valence-electron chi connectivity index (χ4n) is 2.92. The van der Waals surface area contributed by atoms with Gasteiger partial charge in [-0.05, 0) is 6.42 Å². The van der Waals surface area contributed by atoms with Crippen molar-refractivity contribution in [3.8, 4) is 0 Å². The van der Waals surface area contributed by atoms with Gasteiger partial charge in [-0.25, -0.2) is 23.4 Å². The standard InChI is InChI=1S/C14H20N6O7S/c15-6(14(23)24)1-2-28(25,26)3-7-9(21)10(22)13(27-7)20-5-19-8-11(16)17-4-18-12(8)20/h4-7,9-10,13,21-22H,1-3,15H2,(H,23,24)(H2,16,17,18)/t6-,7+,9+,10+,13+/m0/s1. The van der Waals surface area contributed by atoms with E-state index in [0.29, 0.717) is 0 Å². The summed E-state index contributed by atoms with van der Waals surface area (Å²) in [6, 6.07) is -1.31. The molecule has 28 heavy (non-hydrogen) atoms. The number of ether oxygens (including phenoxy) is 1. The quantitative estimate of drug-likeness (QED) is 0.310. The van der Waals surface area contributed by atoms with Gasteiger partial charge in [-0.3, -0.25) is 9.36 Å². The first-order valence-corrected chi connectivity index (χ1v) is 10.1. The fraction of sp³-hybridized carbons (Fsp3) is 0.571. The van der Waals surface area contributed by atoms with Crippen LogP contribution in [0, 0.1) is 0 Å². The number of hydrogen-bond donors (Lipinski definition) is 5. The molecule has 0 spiro atoms. The Morgan fingerprint density at radius 3 is 2.68 bits per heavy atom. The van der Waals surface area contributed by atoms with Gasteiger partial charge in [0.25, 0.3) is 0 Å². The van der Waals surface area contributed by atoms with Crippen LogP contribution in [0.15, 0.2) is 12.7 Å². The number of hydrogen-bond acceptors (Lipinski definition) is 11. The number of nitrogens with two attached hydrogens (primary N) is 2. The van der Waals surface area contributed by atoms with E-state index in [1.54, 1.807) is 0 Å². The van der Waals surface area contributed by atoms with Crippen LogP contribution in [-0.4, -0.2) is 85.1 Å². The monoisotopic (exact) mass is 416 g/mol. The lowest BCUT2D eigenvalue weighted by Gasteiger charge is -2.16. The van der Waals surface area contributed by atoms with E-state index < -0.39 is 57.9 Å². The molecule has 2 aromatic rings. The van der Waals surface area contributed by atoms with E-state index in [0.717, 1.165) is 0 Å². The molecule has 0 unspecified atom stereocenters. The van der Waals surface area contributed by atoms with E-state index in [1.807, 2.05) is 0 Å². The maximum absolute atomic E-state index is 12.2. The molecule has 0 radical (unpaired) electrons. The van der Waals surface area contributed by atoms with Gasteiger partial charge in [0.15, 0.2) is 27.5 Å². The molecule has 1 aliphatic heterocycles. The van der Waals surface area contributed by atoms with Gasteiger partial charge in [-0.15, -0.1) is 0 Å². The van der Waals surface area contributed by atoms with Gasteiger partial charge in [0, 0.05) is 0 Å². The second-order valence-corrected chi connectivity index (χ2v) is 8.71. The predicted octanol–water partition coefficient (Wildman–Crippen LogP) is -2.76. The zero-order valence-electron chi connectivity index (χ0n) is 14.5. The van der Waals surface area contributed by atoms with Crippen molar-refractivity contribution in [2.45, 2.75) is 37.0 Å². The number of imidazole rings is 1. The van der Waals surface area contributed by atoms with Crippen molar-refractivity contribution in [3.05, 3.63) is 12.7 Å². The second kappa shape index (κ2) is 7.56. The number of sulfone groups is 1. The van der Waals surface area contributed by atoms with Gasteiger partial charge in [-0.1, -0.05) is 0 Å². The maximum atomic E-state index is 12.2. The van der Waals surface area contributed by atoms with Crippen molar-refractivity contribution in [2.75, 3.05) is 17.2 Å². The van der Waals surface area contributed by atoms with Gasteiger partial charge in [0.1, 0.15) is 36.2 Å². The molecule has 0 aliphatic carbocycles. The Hall–Kier alpha value is -2.39. The molecule has 7 N–H and O–H groups in total. The van der Waals surface area contributed by atoms with Crippen LogP contribution in [0.1, 0.15) is 12.6 Å². The summed E-state index contributed by atoms with van der Waals surface area (Å²) in [5.74, 6) is -2.30. The summed E-state index contributed by atoms with van der Waals surface area (Å²) in [5.41, 5.74) is 11.5. The van der Waals surface area contributed by atoms with Gasteiger partial charge in [-0.2, -0.15) is 0 Å². The lowest BCUT2D eigenvalue weighted by atomic mass is 10.1. The Bertz CT molecular complexity index is 980. The van der Waals surface area contributed by atoms with Gasteiger partial charge in [0.05, 0.1) is 17.8 Å². The van der Waals surface area contributed by atoms with Crippen LogP contribution in [0.4, 0.5) is 5.82 Å². The highest BCUT2D eigenvalue weighted by Crippen LogP contribution is 2.32. The Labute approximate surface area is 158 Å². The number of carboxylic acids is 1. The lowest BCUT2D eigenvalue weighted by Crippen LogP contribution is -2.37. The molecule has 2 aromatic heterocycles. The normalized spacial score (nSPS) is 26.5. The highest BCUT2D eigenvalue weighted by Gasteiger charge is 2.46. The van der Waals surface area contributed by atoms with Crippen molar-refractivity contribution in [1.29, 1.82) is 0 Å². The Kier molecular flexibility index (Phi) is 5.49. The molecule has 14 heteroatoms. The summed E-state index contributed by atoms with van der Waals surface area (Å²) >= 11 is 0. The molecular formula is C14H20N6O7S. The van der Waals surface area contributed by atoms with Crippen molar-refractivity contribution >= 4 is 32.8 Å². The number of aliphatic hydroxyl groups is 2. The molecule has 0 saturated carbocycles. The molecule has 3 rings (SSSR count). The van der Waals surface area contributed by atoms with Crippen molar-refractivity contribution in [2.24, 2.45) is 5.73 Å². The number of carbonyl (C=O) groups is 1. The van der Waals surface area contributed by atoms with Crippen molar-refractivity contribution < 1.29 is 33.3 Å². The molecule has 1 saturated heterocycles. The van der Waals surface area contributed by atoms with E-state index in [2.05, 4.69) is 15.0 Å². The molecular weight excluding hydrogens is 396 g/mol. The highest BCUT2D eigenvalue weighted by atomic mass is 32.2. The van der Waals surface area contributed by atoms with Crippen LogP contribution in [0.25, 0.3) is 11.2 Å². The number of nitrogen functional groups attached to an aromatic ring is 1. The molecule has 154 valence electrons. The molecule has 1 aliphatic rings. The molecule has 0 amide bonds. The number of anilines is 1. The van der Waals surface area contributed by atoms with Crippen LogP contribution in [0.2, 0.25) is 0 Å². The van der Waals surface area contributed by atoms with E-state index in [1.165, 1.54) is 17.2 Å². The lowest BCUT2D eigenvalue weighted by molar-refractivity contribution is -0.138. The largest absolute Gasteiger partial charge is 0.480 e. The zero-order valence-corrected chi connectivity index (χ0v) is 15.3. The smallest absolute Gasteiger partial charge is 0.320 e. The van der Waals surface area contributed by atoms with Crippen LogP contribution in [0.5, 0.6) is 0 Å². The first-order valence-electron chi connectivity index (χ1n) is 8.24. The number of fused-ring (bicyclic) bond motifs is 1. The maximum Gasteiger partial charge on any atom is 0.320 e. The number of aliphatic hydroxyl groups excluding tert-OH is 2. The van der Waals surface area contributed by atoms with E-state index in [-0.39, 0.29) is 23.4 Å².